The molecule has 0 saturated carbocycles. The van der Waals surface area contributed by atoms with Crippen molar-refractivity contribution in [2.24, 2.45) is 5.92 Å². The lowest BCUT2D eigenvalue weighted by molar-refractivity contribution is 0.140. The van der Waals surface area contributed by atoms with Crippen molar-refractivity contribution in [1.29, 1.82) is 0 Å². The summed E-state index contributed by atoms with van der Waals surface area (Å²) in [4.78, 5) is 5.00. The van der Waals surface area contributed by atoms with Crippen LogP contribution in [0.4, 0.5) is 0 Å². The van der Waals surface area contributed by atoms with Crippen molar-refractivity contribution in [2.75, 3.05) is 33.2 Å². The van der Waals surface area contributed by atoms with Gasteiger partial charge in [0, 0.05) is 25.7 Å². The summed E-state index contributed by atoms with van der Waals surface area (Å²) in [5.74, 6) is 1.73. The summed E-state index contributed by atoms with van der Waals surface area (Å²) in [5, 5.41) is 4.04. The molecule has 1 aromatic heterocycles. The zero-order valence-electron chi connectivity index (χ0n) is 14.9. The van der Waals surface area contributed by atoms with Crippen molar-refractivity contribution in [3.8, 4) is 0 Å². The second-order valence-corrected chi connectivity index (χ2v) is 7.18. The summed E-state index contributed by atoms with van der Waals surface area (Å²) >= 11 is 0. The number of piperidine rings is 1. The van der Waals surface area contributed by atoms with Gasteiger partial charge < -0.3 is 9.42 Å². The van der Waals surface area contributed by atoms with Gasteiger partial charge in [-0.15, -0.1) is 0 Å². The fourth-order valence-electron chi connectivity index (χ4n) is 3.67. The molecule has 130 valence electrons. The van der Waals surface area contributed by atoms with Crippen LogP contribution in [0.5, 0.6) is 0 Å². The lowest BCUT2D eigenvalue weighted by Crippen LogP contribution is -2.39. The van der Waals surface area contributed by atoms with E-state index in [2.05, 4.69) is 58.4 Å². The summed E-state index contributed by atoms with van der Waals surface area (Å²) in [5.41, 5.74) is 2.36. The summed E-state index contributed by atoms with van der Waals surface area (Å²) < 4.78 is 5.46. The number of likely N-dealkylation sites (tertiary alicyclic amines) is 1. The molecule has 4 nitrogen and oxygen atoms in total. The molecule has 1 saturated heterocycles. The number of aromatic nitrogens is 1. The molecular formula is C20H29N3O. The van der Waals surface area contributed by atoms with Gasteiger partial charge >= 0.3 is 0 Å². The van der Waals surface area contributed by atoms with Gasteiger partial charge in [-0.3, -0.25) is 4.90 Å². The highest BCUT2D eigenvalue weighted by molar-refractivity contribution is 5.15. The van der Waals surface area contributed by atoms with E-state index in [-0.39, 0.29) is 0 Å². The highest BCUT2D eigenvalue weighted by Gasteiger charge is 2.21. The molecule has 0 aliphatic carbocycles. The molecule has 2 heterocycles. The van der Waals surface area contributed by atoms with Gasteiger partial charge in [0.05, 0.1) is 12.2 Å². The van der Waals surface area contributed by atoms with Gasteiger partial charge in [-0.2, -0.15) is 0 Å². The Morgan fingerprint density at radius 2 is 2.12 bits per heavy atom. The Morgan fingerprint density at radius 3 is 2.83 bits per heavy atom. The first-order valence-electron chi connectivity index (χ1n) is 9.06. The van der Waals surface area contributed by atoms with Crippen LogP contribution in [0.2, 0.25) is 0 Å². The molecule has 1 aliphatic rings. The van der Waals surface area contributed by atoms with Crippen molar-refractivity contribution in [2.45, 2.75) is 32.7 Å². The molecule has 0 spiro atoms. The van der Waals surface area contributed by atoms with Crippen LogP contribution in [0.15, 0.2) is 40.9 Å². The maximum atomic E-state index is 5.46. The monoisotopic (exact) mass is 327 g/mol. The number of aryl methyl sites for hydroxylation is 1. The zero-order chi connectivity index (χ0) is 16.8. The second kappa shape index (κ2) is 8.45. The Kier molecular flexibility index (Phi) is 6.05. The van der Waals surface area contributed by atoms with Crippen molar-refractivity contribution in [1.82, 2.24) is 15.0 Å². The van der Waals surface area contributed by atoms with Crippen molar-refractivity contribution >= 4 is 0 Å². The van der Waals surface area contributed by atoms with Crippen LogP contribution in [0, 0.1) is 12.8 Å². The first-order chi connectivity index (χ1) is 11.7. The van der Waals surface area contributed by atoms with E-state index in [9.17, 15) is 0 Å². The minimum absolute atomic E-state index is 0.753. The molecule has 0 radical (unpaired) electrons. The fourth-order valence-corrected chi connectivity index (χ4v) is 3.67. The van der Waals surface area contributed by atoms with Gasteiger partial charge in [-0.1, -0.05) is 35.5 Å². The third-order valence-electron chi connectivity index (χ3n) is 4.85. The minimum atomic E-state index is 0.753. The molecule has 0 amide bonds. The van der Waals surface area contributed by atoms with E-state index in [1.807, 2.05) is 6.92 Å². The maximum Gasteiger partial charge on any atom is 0.150 e. The van der Waals surface area contributed by atoms with Crippen LogP contribution in [0.1, 0.15) is 29.9 Å². The van der Waals surface area contributed by atoms with Crippen LogP contribution in [0.3, 0.4) is 0 Å². The summed E-state index contributed by atoms with van der Waals surface area (Å²) in [6.07, 6.45) is 3.73. The van der Waals surface area contributed by atoms with E-state index in [1.54, 1.807) is 0 Å². The van der Waals surface area contributed by atoms with Crippen molar-refractivity contribution < 1.29 is 4.52 Å². The predicted octanol–water partition coefficient (Wildman–Crippen LogP) is 3.37. The lowest BCUT2D eigenvalue weighted by Gasteiger charge is -2.33. The second-order valence-electron chi connectivity index (χ2n) is 7.18. The molecular weight excluding hydrogens is 298 g/mol. The van der Waals surface area contributed by atoms with Gasteiger partial charge in [0.25, 0.3) is 0 Å². The molecule has 1 aliphatic heterocycles. The molecule has 2 aromatic rings. The molecule has 4 heteroatoms. The molecule has 1 fully saturated rings. The number of rotatable bonds is 7. The third-order valence-corrected chi connectivity index (χ3v) is 4.85. The molecule has 1 aromatic carbocycles. The van der Waals surface area contributed by atoms with Gasteiger partial charge in [0.2, 0.25) is 0 Å². The Bertz CT molecular complexity index is 610. The Hall–Kier alpha value is -1.65. The quantitative estimate of drug-likeness (QED) is 0.780. The largest absolute Gasteiger partial charge is 0.360 e. The average Bonchev–Trinajstić information content (AvgIpc) is 2.99. The van der Waals surface area contributed by atoms with Gasteiger partial charge in [-0.25, -0.2) is 0 Å². The van der Waals surface area contributed by atoms with Crippen LogP contribution in [-0.2, 0) is 13.0 Å². The predicted molar refractivity (Wildman–Crippen MR) is 96.9 cm³/mol. The highest BCUT2D eigenvalue weighted by atomic mass is 16.5. The van der Waals surface area contributed by atoms with E-state index in [1.165, 1.54) is 31.5 Å². The van der Waals surface area contributed by atoms with Gasteiger partial charge in [0.1, 0.15) is 0 Å². The summed E-state index contributed by atoms with van der Waals surface area (Å²) in [6, 6.07) is 12.8. The SMILES string of the molecule is Cc1cc(CN(CCc2ccccc2)C[C@H]2CCCN(C)C2)on1. The third kappa shape index (κ3) is 5.18. The lowest BCUT2D eigenvalue weighted by atomic mass is 9.97. The van der Waals surface area contributed by atoms with Crippen LogP contribution in [0.25, 0.3) is 0 Å². The molecule has 0 unspecified atom stereocenters. The van der Waals surface area contributed by atoms with Crippen molar-refractivity contribution in [3.63, 3.8) is 0 Å². The van der Waals surface area contributed by atoms with E-state index < -0.39 is 0 Å². The van der Waals surface area contributed by atoms with Crippen molar-refractivity contribution in [3.05, 3.63) is 53.4 Å². The van der Waals surface area contributed by atoms with E-state index >= 15 is 0 Å². The normalized spacial score (nSPS) is 19.0. The maximum absolute atomic E-state index is 5.46. The van der Waals surface area contributed by atoms with Crippen LogP contribution < -0.4 is 0 Å². The molecule has 0 N–H and O–H groups in total. The molecule has 24 heavy (non-hydrogen) atoms. The number of benzene rings is 1. The first-order valence-corrected chi connectivity index (χ1v) is 9.06. The van der Waals surface area contributed by atoms with Gasteiger partial charge in [-0.05, 0) is 51.3 Å². The summed E-state index contributed by atoms with van der Waals surface area (Å²) in [6.45, 7) is 7.48. The zero-order valence-corrected chi connectivity index (χ0v) is 14.9. The topological polar surface area (TPSA) is 32.5 Å². The first kappa shape index (κ1) is 17.2. The summed E-state index contributed by atoms with van der Waals surface area (Å²) in [7, 11) is 2.24. The molecule has 3 rings (SSSR count). The highest BCUT2D eigenvalue weighted by Crippen LogP contribution is 2.18. The minimum Gasteiger partial charge on any atom is -0.360 e. The molecule has 0 bridgehead atoms. The van der Waals surface area contributed by atoms with E-state index in [4.69, 9.17) is 4.52 Å². The van der Waals surface area contributed by atoms with Crippen LogP contribution >= 0.6 is 0 Å². The fraction of sp³-hybridized carbons (Fsp3) is 0.550. The van der Waals surface area contributed by atoms with Crippen LogP contribution in [-0.4, -0.2) is 48.2 Å². The number of hydrogen-bond donors (Lipinski definition) is 0. The Balaban J connectivity index is 1.61. The standard InChI is InChI=1S/C20H29N3O/c1-17-13-20(24-21-17)16-23(12-10-18-7-4-3-5-8-18)15-19-9-6-11-22(2)14-19/h3-5,7-8,13,19H,6,9-12,14-16H2,1-2H3/t19-/m0/s1. The van der Waals surface area contributed by atoms with E-state index in [0.717, 1.165) is 43.4 Å². The number of nitrogens with zero attached hydrogens (tertiary/aromatic N) is 3. The Labute approximate surface area is 145 Å². The average molecular weight is 327 g/mol. The van der Waals surface area contributed by atoms with Gasteiger partial charge in [0.15, 0.2) is 5.76 Å². The smallest absolute Gasteiger partial charge is 0.150 e. The Morgan fingerprint density at radius 1 is 1.29 bits per heavy atom. The van der Waals surface area contributed by atoms with E-state index in [0.29, 0.717) is 0 Å². The molecule has 1 atom stereocenters. The number of hydrogen-bond acceptors (Lipinski definition) is 4.